The summed E-state index contributed by atoms with van der Waals surface area (Å²) in [6, 6.07) is 3.25. The van der Waals surface area contributed by atoms with Crippen LogP contribution in [0.1, 0.15) is 29.6 Å². The smallest absolute Gasteiger partial charge is 0.317 e. The molecule has 0 aliphatic heterocycles. The van der Waals surface area contributed by atoms with Gasteiger partial charge in [-0.3, -0.25) is 14.6 Å². The monoisotopic (exact) mass is 205 g/mol. The predicted octanol–water partition coefficient (Wildman–Crippen LogP) is 1.52. The summed E-state index contributed by atoms with van der Waals surface area (Å²) in [6.45, 7) is 0. The van der Waals surface area contributed by atoms with Gasteiger partial charge in [0.05, 0.1) is 0 Å². The minimum atomic E-state index is -1.18. The second-order valence-electron chi connectivity index (χ2n) is 3.81. The van der Waals surface area contributed by atoms with Gasteiger partial charge in [0.2, 0.25) is 0 Å². The van der Waals surface area contributed by atoms with Crippen LogP contribution >= 0.6 is 0 Å². The molecular formula is C11H11NO3. The summed E-state index contributed by atoms with van der Waals surface area (Å²) in [5.41, 5.74) is -0.789. The Morgan fingerprint density at radius 2 is 2.13 bits per heavy atom. The standard InChI is InChI=1S/C11H11NO3/c13-9(8-3-1-6-12-7-8)11(10(14)15)4-2-5-11/h1,3,6-7H,2,4-5H2,(H,14,15). The van der Waals surface area contributed by atoms with Gasteiger partial charge in [-0.1, -0.05) is 6.42 Å². The molecule has 1 aromatic heterocycles. The second kappa shape index (κ2) is 3.46. The van der Waals surface area contributed by atoms with Gasteiger partial charge >= 0.3 is 5.97 Å². The van der Waals surface area contributed by atoms with Crippen LogP contribution in [0, 0.1) is 5.41 Å². The zero-order valence-corrected chi connectivity index (χ0v) is 8.14. The molecule has 0 unspecified atom stereocenters. The number of carboxylic acids is 1. The molecule has 0 amide bonds. The first-order chi connectivity index (χ1) is 7.17. The molecule has 0 spiro atoms. The number of nitrogens with zero attached hydrogens (tertiary/aromatic N) is 1. The summed E-state index contributed by atoms with van der Waals surface area (Å²) in [7, 11) is 0. The minimum Gasteiger partial charge on any atom is -0.480 e. The third-order valence-corrected chi connectivity index (χ3v) is 2.97. The van der Waals surface area contributed by atoms with E-state index in [2.05, 4.69) is 4.98 Å². The molecule has 1 heterocycles. The molecule has 1 aliphatic carbocycles. The van der Waals surface area contributed by atoms with E-state index in [0.29, 0.717) is 18.4 Å². The molecule has 1 aromatic rings. The highest BCUT2D eigenvalue weighted by molar-refractivity contribution is 6.12. The Balaban J connectivity index is 2.32. The van der Waals surface area contributed by atoms with Gasteiger partial charge in [0.25, 0.3) is 0 Å². The molecule has 1 aliphatic rings. The summed E-state index contributed by atoms with van der Waals surface area (Å²) < 4.78 is 0. The van der Waals surface area contributed by atoms with Crippen LogP contribution < -0.4 is 0 Å². The number of ketones is 1. The lowest BCUT2D eigenvalue weighted by molar-refractivity contribution is -0.150. The molecule has 1 N–H and O–H groups in total. The maximum Gasteiger partial charge on any atom is 0.317 e. The topological polar surface area (TPSA) is 67.3 Å². The number of aromatic nitrogens is 1. The van der Waals surface area contributed by atoms with Gasteiger partial charge in [-0.2, -0.15) is 0 Å². The molecule has 78 valence electrons. The van der Waals surface area contributed by atoms with E-state index >= 15 is 0 Å². The van der Waals surface area contributed by atoms with Crippen molar-refractivity contribution in [2.24, 2.45) is 5.41 Å². The van der Waals surface area contributed by atoms with E-state index in [-0.39, 0.29) is 5.78 Å². The number of rotatable bonds is 3. The average molecular weight is 205 g/mol. The molecule has 1 fully saturated rings. The fraction of sp³-hybridized carbons (Fsp3) is 0.364. The Hall–Kier alpha value is -1.71. The van der Waals surface area contributed by atoms with Crippen LogP contribution in [0.3, 0.4) is 0 Å². The number of pyridine rings is 1. The Morgan fingerprint density at radius 1 is 1.40 bits per heavy atom. The van der Waals surface area contributed by atoms with Crippen molar-refractivity contribution in [3.8, 4) is 0 Å². The van der Waals surface area contributed by atoms with Crippen LogP contribution in [0.25, 0.3) is 0 Å². The third kappa shape index (κ3) is 1.42. The zero-order valence-electron chi connectivity index (χ0n) is 8.14. The maximum atomic E-state index is 12.0. The van der Waals surface area contributed by atoms with E-state index in [4.69, 9.17) is 5.11 Å². The van der Waals surface area contributed by atoms with Gasteiger partial charge in [-0.15, -0.1) is 0 Å². The molecule has 1 saturated carbocycles. The van der Waals surface area contributed by atoms with E-state index in [1.165, 1.54) is 6.20 Å². The summed E-state index contributed by atoms with van der Waals surface area (Å²) >= 11 is 0. The lowest BCUT2D eigenvalue weighted by Gasteiger charge is -2.35. The van der Waals surface area contributed by atoms with Crippen LogP contribution in [0.15, 0.2) is 24.5 Å². The van der Waals surface area contributed by atoms with E-state index in [0.717, 1.165) is 6.42 Å². The first-order valence-corrected chi connectivity index (χ1v) is 4.85. The van der Waals surface area contributed by atoms with Crippen LogP contribution in [0.5, 0.6) is 0 Å². The summed E-state index contributed by atoms with van der Waals surface area (Å²) in [6.07, 6.45) is 4.67. The number of carboxylic acid groups (broad SMARTS) is 1. The van der Waals surface area contributed by atoms with Gasteiger partial charge < -0.3 is 5.11 Å². The second-order valence-corrected chi connectivity index (χ2v) is 3.81. The van der Waals surface area contributed by atoms with E-state index in [1.54, 1.807) is 18.3 Å². The molecular weight excluding hydrogens is 194 g/mol. The SMILES string of the molecule is O=C(O)C1(C(=O)c2cccnc2)CCC1. The van der Waals surface area contributed by atoms with Crippen molar-refractivity contribution < 1.29 is 14.7 Å². The first-order valence-electron chi connectivity index (χ1n) is 4.85. The number of carbonyl (C=O) groups excluding carboxylic acids is 1. The van der Waals surface area contributed by atoms with Crippen LogP contribution in [0.2, 0.25) is 0 Å². The van der Waals surface area contributed by atoms with Crippen LogP contribution in [-0.2, 0) is 4.79 Å². The highest BCUT2D eigenvalue weighted by atomic mass is 16.4. The van der Waals surface area contributed by atoms with Crippen LogP contribution in [-0.4, -0.2) is 21.8 Å². The molecule has 2 rings (SSSR count). The molecule has 0 saturated heterocycles. The Morgan fingerprint density at radius 3 is 2.53 bits per heavy atom. The van der Waals surface area contributed by atoms with Gasteiger partial charge in [0, 0.05) is 18.0 Å². The van der Waals surface area contributed by atoms with Gasteiger partial charge in [-0.25, -0.2) is 0 Å². The highest BCUT2D eigenvalue weighted by Gasteiger charge is 2.51. The number of Topliss-reactive ketones (excluding diaryl/α,β-unsaturated/α-hetero) is 1. The number of carbonyl (C=O) groups is 2. The molecule has 0 aromatic carbocycles. The maximum absolute atomic E-state index is 12.0. The number of aliphatic carboxylic acids is 1. The Labute approximate surface area is 87.0 Å². The van der Waals surface area contributed by atoms with Crippen LogP contribution in [0.4, 0.5) is 0 Å². The van der Waals surface area contributed by atoms with Crippen molar-refractivity contribution in [3.05, 3.63) is 30.1 Å². The number of hydrogen-bond donors (Lipinski definition) is 1. The average Bonchev–Trinajstić information content (AvgIpc) is 2.16. The molecule has 0 radical (unpaired) electrons. The van der Waals surface area contributed by atoms with E-state index in [9.17, 15) is 9.59 Å². The molecule has 0 bridgehead atoms. The first kappa shape index (κ1) is 9.83. The molecule has 0 atom stereocenters. The van der Waals surface area contributed by atoms with Gasteiger partial charge in [0.15, 0.2) is 5.78 Å². The van der Waals surface area contributed by atoms with E-state index in [1.807, 2.05) is 0 Å². The highest BCUT2D eigenvalue weighted by Crippen LogP contribution is 2.43. The number of hydrogen-bond acceptors (Lipinski definition) is 3. The molecule has 4 heteroatoms. The fourth-order valence-corrected chi connectivity index (χ4v) is 1.84. The minimum absolute atomic E-state index is 0.311. The van der Waals surface area contributed by atoms with Crippen molar-refractivity contribution in [2.75, 3.05) is 0 Å². The zero-order chi connectivity index (χ0) is 10.9. The van der Waals surface area contributed by atoms with Crippen molar-refractivity contribution in [2.45, 2.75) is 19.3 Å². The molecule has 4 nitrogen and oxygen atoms in total. The Kier molecular flexibility index (Phi) is 2.26. The van der Waals surface area contributed by atoms with Crippen molar-refractivity contribution in [3.63, 3.8) is 0 Å². The normalized spacial score (nSPS) is 17.9. The quantitative estimate of drug-likeness (QED) is 0.600. The van der Waals surface area contributed by atoms with Gasteiger partial charge in [-0.05, 0) is 25.0 Å². The third-order valence-electron chi connectivity index (χ3n) is 2.97. The molecule has 15 heavy (non-hydrogen) atoms. The van der Waals surface area contributed by atoms with E-state index < -0.39 is 11.4 Å². The largest absolute Gasteiger partial charge is 0.480 e. The predicted molar refractivity (Wildman–Crippen MR) is 52.5 cm³/mol. The lowest BCUT2D eigenvalue weighted by Crippen LogP contribution is -2.45. The Bertz CT molecular complexity index is 396. The lowest BCUT2D eigenvalue weighted by atomic mass is 9.65. The summed E-state index contributed by atoms with van der Waals surface area (Å²) in [4.78, 5) is 26.9. The summed E-state index contributed by atoms with van der Waals surface area (Å²) in [5, 5.41) is 9.07. The van der Waals surface area contributed by atoms with Crippen molar-refractivity contribution in [1.82, 2.24) is 4.98 Å². The van der Waals surface area contributed by atoms with Crippen molar-refractivity contribution >= 4 is 11.8 Å². The van der Waals surface area contributed by atoms with Gasteiger partial charge in [0.1, 0.15) is 5.41 Å². The van der Waals surface area contributed by atoms with Crippen molar-refractivity contribution in [1.29, 1.82) is 0 Å². The fourth-order valence-electron chi connectivity index (χ4n) is 1.84. The summed E-state index contributed by atoms with van der Waals surface area (Å²) in [5.74, 6) is -1.32.